The number of halogens is 6. The van der Waals surface area contributed by atoms with Gasteiger partial charge in [0.1, 0.15) is 6.10 Å². The van der Waals surface area contributed by atoms with Crippen LogP contribution < -0.4 is 5.32 Å². The standard InChI is InChI=1S/C18H21F6N3O5/c19-17(20,21)30-6-9-5-12(9)14(28)25-10-1-2-13(29-7-10)16-27-26-15(31-16)8-3-11(4-8)32-18(22,23)24/h8-13H,1-7H2,(H,25,28)/t8-,9-,10+,11+,12+,13-/m0/s1. The van der Waals surface area contributed by atoms with Gasteiger partial charge in [0.25, 0.3) is 0 Å². The van der Waals surface area contributed by atoms with Crippen LogP contribution in [0.3, 0.4) is 0 Å². The molecule has 14 heteroatoms. The maximum atomic E-state index is 12.2. The van der Waals surface area contributed by atoms with Gasteiger partial charge in [0, 0.05) is 11.8 Å². The first kappa shape index (κ1) is 23.2. The molecule has 0 spiro atoms. The Morgan fingerprint density at radius 3 is 2.38 bits per heavy atom. The molecule has 1 aliphatic heterocycles. The number of nitrogens with zero attached hydrogens (tertiary/aromatic N) is 2. The molecule has 180 valence electrons. The number of carbonyl (C=O) groups is 1. The molecule has 1 N–H and O–H groups in total. The Hall–Kier alpha value is -1.93. The fourth-order valence-corrected chi connectivity index (χ4v) is 3.92. The van der Waals surface area contributed by atoms with E-state index in [0.717, 1.165) is 0 Å². The Labute approximate surface area is 178 Å². The van der Waals surface area contributed by atoms with Crippen molar-refractivity contribution in [1.29, 1.82) is 0 Å². The van der Waals surface area contributed by atoms with Crippen LogP contribution in [0.5, 0.6) is 0 Å². The average molecular weight is 473 g/mol. The van der Waals surface area contributed by atoms with Gasteiger partial charge < -0.3 is 14.5 Å². The predicted molar refractivity (Wildman–Crippen MR) is 90.7 cm³/mol. The lowest BCUT2D eigenvalue weighted by Gasteiger charge is -2.33. The van der Waals surface area contributed by atoms with Gasteiger partial charge in [0.15, 0.2) is 0 Å². The van der Waals surface area contributed by atoms with Crippen LogP contribution in [0.15, 0.2) is 4.42 Å². The summed E-state index contributed by atoms with van der Waals surface area (Å²) in [5.74, 6) is -1.11. The van der Waals surface area contributed by atoms with Crippen LogP contribution in [0.1, 0.15) is 55.9 Å². The van der Waals surface area contributed by atoms with E-state index in [2.05, 4.69) is 25.0 Å². The summed E-state index contributed by atoms with van der Waals surface area (Å²) >= 11 is 0. The predicted octanol–water partition coefficient (Wildman–Crippen LogP) is 3.36. The van der Waals surface area contributed by atoms with Gasteiger partial charge in [-0.05, 0) is 38.0 Å². The highest BCUT2D eigenvalue weighted by Crippen LogP contribution is 2.42. The van der Waals surface area contributed by atoms with E-state index in [1.54, 1.807) is 0 Å². The van der Waals surface area contributed by atoms with Crippen LogP contribution in [0, 0.1) is 11.8 Å². The monoisotopic (exact) mass is 473 g/mol. The fourth-order valence-electron chi connectivity index (χ4n) is 3.92. The van der Waals surface area contributed by atoms with Gasteiger partial charge in [-0.2, -0.15) is 0 Å². The third kappa shape index (κ3) is 6.10. The molecule has 0 radical (unpaired) electrons. The van der Waals surface area contributed by atoms with E-state index in [1.807, 2.05) is 0 Å². The zero-order chi connectivity index (χ0) is 23.1. The molecule has 1 aromatic rings. The first-order valence-corrected chi connectivity index (χ1v) is 10.2. The van der Waals surface area contributed by atoms with Crippen molar-refractivity contribution in [3.63, 3.8) is 0 Å². The van der Waals surface area contributed by atoms with Gasteiger partial charge in [-0.25, -0.2) is 0 Å². The maximum absolute atomic E-state index is 12.2. The highest BCUT2D eigenvalue weighted by Gasteiger charge is 2.46. The number of rotatable bonds is 7. The van der Waals surface area contributed by atoms with Crippen LogP contribution in [-0.2, 0) is 19.0 Å². The normalized spacial score (nSPS) is 32.9. The summed E-state index contributed by atoms with van der Waals surface area (Å²) in [7, 11) is 0. The molecular weight excluding hydrogens is 452 g/mol. The molecule has 3 aliphatic rings. The molecule has 0 aromatic carbocycles. The number of alkyl halides is 6. The van der Waals surface area contributed by atoms with Crippen molar-refractivity contribution in [3.8, 4) is 0 Å². The molecular formula is C18H21F6N3O5. The highest BCUT2D eigenvalue weighted by atomic mass is 19.4. The van der Waals surface area contributed by atoms with Crippen molar-refractivity contribution in [1.82, 2.24) is 15.5 Å². The third-order valence-electron chi connectivity index (χ3n) is 5.82. The Morgan fingerprint density at radius 2 is 1.75 bits per heavy atom. The molecule has 2 saturated carbocycles. The van der Waals surface area contributed by atoms with Gasteiger partial charge in [0.2, 0.25) is 17.7 Å². The summed E-state index contributed by atoms with van der Waals surface area (Å²) in [6.45, 7) is -0.371. The third-order valence-corrected chi connectivity index (χ3v) is 5.82. The van der Waals surface area contributed by atoms with Crippen LogP contribution in [0.4, 0.5) is 26.3 Å². The molecule has 2 heterocycles. The summed E-state index contributed by atoms with van der Waals surface area (Å²) in [4.78, 5) is 12.2. The fraction of sp³-hybridized carbons (Fsp3) is 0.833. The number of aromatic nitrogens is 2. The van der Waals surface area contributed by atoms with Crippen LogP contribution in [0.25, 0.3) is 0 Å². The Morgan fingerprint density at radius 1 is 1.03 bits per heavy atom. The van der Waals surface area contributed by atoms with E-state index in [9.17, 15) is 31.1 Å². The van der Waals surface area contributed by atoms with Crippen molar-refractivity contribution in [3.05, 3.63) is 11.8 Å². The molecule has 3 fully saturated rings. The number of hydrogen-bond acceptors (Lipinski definition) is 7. The van der Waals surface area contributed by atoms with Crippen molar-refractivity contribution in [2.45, 2.75) is 69.0 Å². The summed E-state index contributed by atoms with van der Waals surface area (Å²) in [6.07, 6.45) is -9.18. The number of carbonyl (C=O) groups excluding carboxylic acids is 1. The van der Waals surface area contributed by atoms with E-state index in [-0.39, 0.29) is 49.1 Å². The van der Waals surface area contributed by atoms with E-state index in [0.29, 0.717) is 19.3 Å². The quantitative estimate of drug-likeness (QED) is 0.607. The number of ether oxygens (including phenoxy) is 3. The zero-order valence-electron chi connectivity index (χ0n) is 16.6. The molecule has 1 aromatic heterocycles. The smallest absolute Gasteiger partial charge is 0.422 e. The second-order valence-electron chi connectivity index (χ2n) is 8.30. The molecule has 2 aliphatic carbocycles. The molecule has 32 heavy (non-hydrogen) atoms. The molecule has 4 rings (SSSR count). The maximum Gasteiger partial charge on any atom is 0.522 e. The van der Waals surface area contributed by atoms with E-state index in [4.69, 9.17) is 9.15 Å². The van der Waals surface area contributed by atoms with Gasteiger partial charge in [0.05, 0.1) is 25.4 Å². The minimum Gasteiger partial charge on any atom is -0.422 e. The van der Waals surface area contributed by atoms with E-state index < -0.39 is 43.4 Å². The first-order chi connectivity index (χ1) is 15.0. The number of amides is 1. The van der Waals surface area contributed by atoms with Crippen LogP contribution >= 0.6 is 0 Å². The Kier molecular flexibility index (Phi) is 6.38. The minimum absolute atomic E-state index is 0.136. The SMILES string of the molecule is O=C(N[C@@H]1CC[C@@H](c2nnc([C@H]3C[C@@H](OC(F)(F)F)C3)o2)OC1)[C@@H]1C[C@H]1COC(F)(F)F. The van der Waals surface area contributed by atoms with Crippen LogP contribution in [0.2, 0.25) is 0 Å². The van der Waals surface area contributed by atoms with Crippen molar-refractivity contribution >= 4 is 5.91 Å². The number of nitrogens with one attached hydrogen (secondary N) is 1. The lowest BCUT2D eigenvalue weighted by Crippen LogP contribution is -2.42. The largest absolute Gasteiger partial charge is 0.522 e. The molecule has 1 saturated heterocycles. The summed E-state index contributed by atoms with van der Waals surface area (Å²) < 4.78 is 91.7. The van der Waals surface area contributed by atoms with E-state index in [1.165, 1.54) is 0 Å². The average Bonchev–Trinajstić information content (AvgIpc) is 3.29. The lowest BCUT2D eigenvalue weighted by molar-refractivity contribution is -0.352. The molecule has 0 unspecified atom stereocenters. The Bertz CT molecular complexity index is 802. The van der Waals surface area contributed by atoms with Crippen molar-refractivity contribution in [2.75, 3.05) is 13.2 Å². The van der Waals surface area contributed by atoms with Gasteiger partial charge >= 0.3 is 12.7 Å². The summed E-state index contributed by atoms with van der Waals surface area (Å²) in [6, 6.07) is -0.294. The summed E-state index contributed by atoms with van der Waals surface area (Å²) in [5.41, 5.74) is 0. The molecule has 8 nitrogen and oxygen atoms in total. The highest BCUT2D eigenvalue weighted by molar-refractivity contribution is 5.81. The zero-order valence-corrected chi connectivity index (χ0v) is 16.6. The van der Waals surface area contributed by atoms with E-state index >= 15 is 0 Å². The summed E-state index contributed by atoms with van der Waals surface area (Å²) in [5, 5.41) is 10.6. The van der Waals surface area contributed by atoms with Crippen molar-refractivity contribution < 1.29 is 49.8 Å². The molecule has 1 amide bonds. The second kappa shape index (κ2) is 8.78. The van der Waals surface area contributed by atoms with Gasteiger partial charge in [-0.1, -0.05) is 0 Å². The molecule has 0 bridgehead atoms. The topological polar surface area (TPSA) is 95.7 Å². The Balaban J connectivity index is 1.16. The second-order valence-corrected chi connectivity index (χ2v) is 8.30. The van der Waals surface area contributed by atoms with Crippen LogP contribution in [-0.4, -0.2) is 54.2 Å². The first-order valence-electron chi connectivity index (χ1n) is 10.2. The number of hydrogen-bond donors (Lipinski definition) is 1. The van der Waals surface area contributed by atoms with Gasteiger partial charge in [-0.3, -0.25) is 14.3 Å². The minimum atomic E-state index is -4.71. The van der Waals surface area contributed by atoms with Gasteiger partial charge in [-0.15, -0.1) is 36.5 Å². The van der Waals surface area contributed by atoms with Crippen molar-refractivity contribution in [2.24, 2.45) is 11.8 Å². The lowest BCUT2D eigenvalue weighted by atomic mass is 9.82. The molecule has 4 atom stereocenters.